The summed E-state index contributed by atoms with van der Waals surface area (Å²) in [6, 6.07) is 1.09. The Morgan fingerprint density at radius 2 is 1.95 bits per heavy atom. The van der Waals surface area contributed by atoms with Crippen LogP contribution in [-0.2, 0) is 10.0 Å². The molecule has 0 spiro atoms. The van der Waals surface area contributed by atoms with Gasteiger partial charge in [0.25, 0.3) is 5.91 Å². The standard InChI is InChI=1S/C13H18F2N2O3S/c1-8(2)4-3-5-17-13(18)10-6-9(14)7-11(12(10)15)21(16,19)20/h6-8H,3-5H2,1-2H3,(H,17,18)(H2,16,19,20). The number of nitrogens with one attached hydrogen (secondary N) is 1. The zero-order chi connectivity index (χ0) is 16.2. The van der Waals surface area contributed by atoms with Gasteiger partial charge in [-0.15, -0.1) is 0 Å². The van der Waals surface area contributed by atoms with Gasteiger partial charge in [-0.1, -0.05) is 13.8 Å². The van der Waals surface area contributed by atoms with Crippen LogP contribution < -0.4 is 10.5 Å². The van der Waals surface area contributed by atoms with Crippen LogP contribution in [0.4, 0.5) is 8.78 Å². The van der Waals surface area contributed by atoms with E-state index in [1.54, 1.807) is 0 Å². The number of sulfonamides is 1. The van der Waals surface area contributed by atoms with Crippen LogP contribution in [0.1, 0.15) is 37.0 Å². The average Bonchev–Trinajstić information content (AvgIpc) is 2.35. The van der Waals surface area contributed by atoms with E-state index < -0.39 is 38.0 Å². The number of benzene rings is 1. The molecule has 0 saturated carbocycles. The lowest BCUT2D eigenvalue weighted by Crippen LogP contribution is -2.27. The van der Waals surface area contributed by atoms with Crippen molar-refractivity contribution in [3.8, 4) is 0 Å². The first kappa shape index (κ1) is 17.5. The van der Waals surface area contributed by atoms with Crippen LogP contribution in [0.5, 0.6) is 0 Å². The number of nitrogens with two attached hydrogens (primary N) is 1. The second-order valence-corrected chi connectivity index (χ2v) is 6.63. The average molecular weight is 320 g/mol. The van der Waals surface area contributed by atoms with E-state index in [0.717, 1.165) is 6.42 Å². The smallest absolute Gasteiger partial charge is 0.254 e. The number of primary sulfonamides is 1. The predicted octanol–water partition coefficient (Wildman–Crippen LogP) is 1.78. The Morgan fingerprint density at radius 1 is 1.33 bits per heavy atom. The number of carbonyl (C=O) groups excluding carboxylic acids is 1. The maximum Gasteiger partial charge on any atom is 0.254 e. The molecule has 21 heavy (non-hydrogen) atoms. The molecule has 0 aliphatic carbocycles. The van der Waals surface area contributed by atoms with E-state index in [1.165, 1.54) is 0 Å². The Kier molecular flexibility index (Phi) is 5.79. The first-order valence-electron chi connectivity index (χ1n) is 6.43. The highest BCUT2D eigenvalue weighted by Crippen LogP contribution is 2.19. The van der Waals surface area contributed by atoms with Crippen molar-refractivity contribution in [2.75, 3.05) is 6.54 Å². The summed E-state index contributed by atoms with van der Waals surface area (Å²) in [7, 11) is -4.44. The number of rotatable bonds is 6. The van der Waals surface area contributed by atoms with Gasteiger partial charge in [0.2, 0.25) is 10.0 Å². The van der Waals surface area contributed by atoms with Crippen molar-refractivity contribution in [1.82, 2.24) is 5.32 Å². The molecule has 0 aliphatic heterocycles. The van der Waals surface area contributed by atoms with Crippen molar-refractivity contribution in [2.24, 2.45) is 11.1 Å². The minimum atomic E-state index is -4.44. The third-order valence-electron chi connectivity index (χ3n) is 2.80. The van der Waals surface area contributed by atoms with Crippen LogP contribution >= 0.6 is 0 Å². The van der Waals surface area contributed by atoms with Crippen molar-refractivity contribution in [3.63, 3.8) is 0 Å². The van der Waals surface area contributed by atoms with Crippen molar-refractivity contribution in [1.29, 1.82) is 0 Å². The van der Waals surface area contributed by atoms with Crippen LogP contribution in [0, 0.1) is 17.6 Å². The van der Waals surface area contributed by atoms with Crippen molar-refractivity contribution in [3.05, 3.63) is 29.3 Å². The monoisotopic (exact) mass is 320 g/mol. The summed E-state index contributed by atoms with van der Waals surface area (Å²) < 4.78 is 49.6. The number of hydrogen-bond acceptors (Lipinski definition) is 3. The molecule has 0 radical (unpaired) electrons. The first-order valence-corrected chi connectivity index (χ1v) is 7.97. The molecule has 0 unspecified atom stereocenters. The number of amides is 1. The molecule has 0 aliphatic rings. The Morgan fingerprint density at radius 3 is 2.48 bits per heavy atom. The largest absolute Gasteiger partial charge is 0.352 e. The van der Waals surface area contributed by atoms with Gasteiger partial charge in [-0.3, -0.25) is 4.79 Å². The molecule has 1 rings (SSSR count). The molecular weight excluding hydrogens is 302 g/mol. The molecule has 0 fully saturated rings. The minimum Gasteiger partial charge on any atom is -0.352 e. The lowest BCUT2D eigenvalue weighted by Gasteiger charge is -2.09. The van der Waals surface area contributed by atoms with Crippen LogP contribution in [0.3, 0.4) is 0 Å². The second kappa shape index (κ2) is 6.95. The Balaban J connectivity index is 2.93. The number of carbonyl (C=O) groups is 1. The van der Waals surface area contributed by atoms with E-state index in [2.05, 4.69) is 5.32 Å². The van der Waals surface area contributed by atoms with E-state index in [-0.39, 0.29) is 6.54 Å². The number of halogens is 2. The van der Waals surface area contributed by atoms with Crippen LogP contribution in [0.2, 0.25) is 0 Å². The molecular formula is C13H18F2N2O3S. The van der Waals surface area contributed by atoms with Gasteiger partial charge < -0.3 is 5.32 Å². The van der Waals surface area contributed by atoms with Gasteiger partial charge in [0.1, 0.15) is 10.7 Å². The first-order chi connectivity index (χ1) is 9.62. The Hall–Kier alpha value is -1.54. The molecule has 3 N–H and O–H groups in total. The Bertz CT molecular complexity index is 631. The number of hydrogen-bond donors (Lipinski definition) is 2. The molecule has 1 aromatic carbocycles. The third kappa shape index (κ3) is 5.05. The van der Waals surface area contributed by atoms with Gasteiger partial charge in [-0.2, -0.15) is 0 Å². The van der Waals surface area contributed by atoms with Gasteiger partial charge in [-0.25, -0.2) is 22.3 Å². The van der Waals surface area contributed by atoms with E-state index in [9.17, 15) is 22.0 Å². The fourth-order valence-electron chi connectivity index (χ4n) is 1.74. The summed E-state index contributed by atoms with van der Waals surface area (Å²) in [4.78, 5) is 10.8. The third-order valence-corrected chi connectivity index (χ3v) is 3.71. The summed E-state index contributed by atoms with van der Waals surface area (Å²) in [6.07, 6.45) is 1.55. The molecule has 0 heterocycles. The van der Waals surface area contributed by atoms with Gasteiger partial charge in [0.05, 0.1) is 5.56 Å². The highest BCUT2D eigenvalue weighted by molar-refractivity contribution is 7.89. The molecule has 0 aromatic heterocycles. The SMILES string of the molecule is CC(C)CCCNC(=O)c1cc(F)cc(S(N)(=O)=O)c1F. The summed E-state index contributed by atoms with van der Waals surface area (Å²) >= 11 is 0. The normalized spacial score (nSPS) is 11.7. The van der Waals surface area contributed by atoms with Gasteiger partial charge in [-0.05, 0) is 30.9 Å². The minimum absolute atomic E-state index is 0.289. The van der Waals surface area contributed by atoms with Crippen LogP contribution in [-0.4, -0.2) is 20.9 Å². The molecule has 1 amide bonds. The summed E-state index contributed by atoms with van der Waals surface area (Å²) in [5, 5.41) is 7.20. The summed E-state index contributed by atoms with van der Waals surface area (Å²) in [5.74, 6) is -2.81. The van der Waals surface area contributed by atoms with E-state index >= 15 is 0 Å². The Labute approximate surface area is 122 Å². The van der Waals surface area contributed by atoms with Crippen molar-refractivity contribution in [2.45, 2.75) is 31.6 Å². The zero-order valence-electron chi connectivity index (χ0n) is 11.8. The van der Waals surface area contributed by atoms with Gasteiger partial charge in [0, 0.05) is 6.54 Å². The fourth-order valence-corrected chi connectivity index (χ4v) is 2.38. The summed E-state index contributed by atoms with van der Waals surface area (Å²) in [5.41, 5.74) is -0.677. The maximum absolute atomic E-state index is 13.9. The van der Waals surface area contributed by atoms with E-state index in [0.29, 0.717) is 24.5 Å². The fraction of sp³-hybridized carbons (Fsp3) is 0.462. The lowest BCUT2D eigenvalue weighted by molar-refractivity contribution is 0.0947. The lowest BCUT2D eigenvalue weighted by atomic mass is 10.1. The summed E-state index contributed by atoms with van der Waals surface area (Å²) in [6.45, 7) is 4.33. The molecule has 118 valence electrons. The van der Waals surface area contributed by atoms with Gasteiger partial charge >= 0.3 is 0 Å². The predicted molar refractivity (Wildman–Crippen MR) is 74.1 cm³/mol. The molecule has 1 aromatic rings. The van der Waals surface area contributed by atoms with Crippen LogP contribution in [0.25, 0.3) is 0 Å². The van der Waals surface area contributed by atoms with Crippen molar-refractivity contribution < 1.29 is 22.0 Å². The molecule has 5 nitrogen and oxygen atoms in total. The van der Waals surface area contributed by atoms with E-state index in [1.807, 2.05) is 13.8 Å². The van der Waals surface area contributed by atoms with Crippen LogP contribution in [0.15, 0.2) is 17.0 Å². The molecule has 0 saturated heterocycles. The van der Waals surface area contributed by atoms with E-state index in [4.69, 9.17) is 5.14 Å². The van der Waals surface area contributed by atoms with Gasteiger partial charge in [0.15, 0.2) is 5.82 Å². The zero-order valence-corrected chi connectivity index (χ0v) is 12.6. The molecule has 8 heteroatoms. The highest BCUT2D eigenvalue weighted by Gasteiger charge is 2.23. The second-order valence-electron chi connectivity index (χ2n) is 5.10. The molecule has 0 bridgehead atoms. The topological polar surface area (TPSA) is 89.3 Å². The highest BCUT2D eigenvalue weighted by atomic mass is 32.2. The molecule has 0 atom stereocenters. The quantitative estimate of drug-likeness (QED) is 0.783. The maximum atomic E-state index is 13.9. The van der Waals surface area contributed by atoms with Crippen molar-refractivity contribution >= 4 is 15.9 Å².